The maximum atomic E-state index is 11.1. The number of piperazine rings is 2. The molecule has 2 N–H and O–H groups in total. The van der Waals surface area contributed by atoms with Gasteiger partial charge in [-0.1, -0.05) is 6.07 Å². The number of rotatable bonds is 3. The molecular weight excluding hydrogens is 282 g/mol. The fraction of sp³-hybridized carbons (Fsp3) is 0.562. The molecule has 2 saturated heterocycles. The van der Waals surface area contributed by atoms with Crippen LogP contribution in [-0.4, -0.2) is 83.2 Å². The molecular formula is C16H23N3O3. The third-order valence-corrected chi connectivity index (χ3v) is 4.68. The average Bonchev–Trinajstić information content (AvgIpc) is 2.48. The zero-order valence-corrected chi connectivity index (χ0v) is 12.9. The number of hydrogen-bond acceptors (Lipinski definition) is 5. The highest BCUT2D eigenvalue weighted by Crippen LogP contribution is 2.21. The van der Waals surface area contributed by atoms with Gasteiger partial charge in [0.2, 0.25) is 0 Å². The van der Waals surface area contributed by atoms with E-state index in [9.17, 15) is 9.90 Å². The summed E-state index contributed by atoms with van der Waals surface area (Å²) in [7, 11) is 2.16. The molecule has 3 rings (SSSR count). The fourth-order valence-corrected chi connectivity index (χ4v) is 3.43. The van der Waals surface area contributed by atoms with Gasteiger partial charge in [0.25, 0.3) is 0 Å². The number of carboxylic acid groups (broad SMARTS) is 1. The van der Waals surface area contributed by atoms with Crippen LogP contribution >= 0.6 is 0 Å². The summed E-state index contributed by atoms with van der Waals surface area (Å²) in [6.45, 7) is 7.17. The molecule has 1 aromatic carbocycles. The summed E-state index contributed by atoms with van der Waals surface area (Å²) in [4.78, 5) is 18.4. The summed E-state index contributed by atoms with van der Waals surface area (Å²) in [6, 6.07) is 5.42. The Bertz CT molecular complexity index is 564. The number of benzene rings is 1. The Balaban J connectivity index is 1.66. The standard InChI is InChI=1S/C16H23N3O3/c1-17-4-6-19-7-5-18(11-13(19)10-17)9-12-2-3-15(20)14(8-12)16(21)22/h2-3,8,13,20H,4-7,9-11H2,1H3,(H,21,22)/t13-/m1/s1. The van der Waals surface area contributed by atoms with Crippen LogP contribution in [0.1, 0.15) is 15.9 Å². The first kappa shape index (κ1) is 15.3. The van der Waals surface area contributed by atoms with Gasteiger partial charge in [-0.25, -0.2) is 4.79 Å². The molecule has 0 bridgehead atoms. The SMILES string of the molecule is CN1CCN2CCN(Cc3ccc(O)c(C(=O)O)c3)C[C@H]2C1. The van der Waals surface area contributed by atoms with E-state index >= 15 is 0 Å². The maximum absolute atomic E-state index is 11.1. The Morgan fingerprint density at radius 3 is 2.77 bits per heavy atom. The molecule has 6 heteroatoms. The monoisotopic (exact) mass is 305 g/mol. The van der Waals surface area contributed by atoms with Crippen LogP contribution in [0.25, 0.3) is 0 Å². The van der Waals surface area contributed by atoms with Gasteiger partial charge in [-0.3, -0.25) is 9.80 Å². The van der Waals surface area contributed by atoms with Gasteiger partial charge in [0, 0.05) is 51.9 Å². The van der Waals surface area contributed by atoms with E-state index in [2.05, 4.69) is 21.7 Å². The third kappa shape index (κ3) is 3.24. The quantitative estimate of drug-likeness (QED) is 0.849. The number of hydrogen-bond donors (Lipinski definition) is 2. The third-order valence-electron chi connectivity index (χ3n) is 4.68. The first-order valence-electron chi connectivity index (χ1n) is 7.73. The normalized spacial score (nSPS) is 24.1. The number of fused-ring (bicyclic) bond motifs is 1. The molecule has 2 aliphatic rings. The van der Waals surface area contributed by atoms with Crippen LogP contribution in [-0.2, 0) is 6.54 Å². The van der Waals surface area contributed by atoms with Crippen LogP contribution in [0.3, 0.4) is 0 Å². The van der Waals surface area contributed by atoms with E-state index in [1.54, 1.807) is 12.1 Å². The van der Waals surface area contributed by atoms with E-state index in [-0.39, 0.29) is 11.3 Å². The summed E-state index contributed by atoms with van der Waals surface area (Å²) in [5, 5.41) is 18.7. The first-order valence-corrected chi connectivity index (χ1v) is 7.73. The minimum Gasteiger partial charge on any atom is -0.507 e. The van der Waals surface area contributed by atoms with E-state index in [1.807, 2.05) is 0 Å². The van der Waals surface area contributed by atoms with Crippen molar-refractivity contribution in [2.45, 2.75) is 12.6 Å². The van der Waals surface area contributed by atoms with Crippen molar-refractivity contribution in [3.8, 4) is 5.75 Å². The van der Waals surface area contributed by atoms with Gasteiger partial charge in [0.15, 0.2) is 0 Å². The number of phenols is 1. The zero-order valence-electron chi connectivity index (χ0n) is 12.9. The van der Waals surface area contributed by atoms with Crippen molar-refractivity contribution in [3.63, 3.8) is 0 Å². The highest BCUT2D eigenvalue weighted by Gasteiger charge is 2.30. The average molecular weight is 305 g/mol. The molecule has 2 fully saturated rings. The second kappa shape index (κ2) is 6.24. The lowest BCUT2D eigenvalue weighted by Gasteiger charge is -2.46. The molecule has 1 aromatic rings. The summed E-state index contributed by atoms with van der Waals surface area (Å²) < 4.78 is 0. The van der Waals surface area contributed by atoms with Gasteiger partial charge < -0.3 is 15.1 Å². The van der Waals surface area contributed by atoms with E-state index < -0.39 is 5.97 Å². The summed E-state index contributed by atoms with van der Waals surface area (Å²) in [6.07, 6.45) is 0. The van der Waals surface area contributed by atoms with Gasteiger partial charge >= 0.3 is 5.97 Å². The number of carboxylic acids is 1. The van der Waals surface area contributed by atoms with Crippen LogP contribution in [0.2, 0.25) is 0 Å². The Kier molecular flexibility index (Phi) is 4.33. The lowest BCUT2D eigenvalue weighted by Crippen LogP contribution is -2.61. The van der Waals surface area contributed by atoms with Crippen LogP contribution in [0.15, 0.2) is 18.2 Å². The van der Waals surface area contributed by atoms with Crippen LogP contribution in [0.5, 0.6) is 5.75 Å². The molecule has 0 radical (unpaired) electrons. The molecule has 6 nitrogen and oxygen atoms in total. The number of nitrogens with zero attached hydrogens (tertiary/aromatic N) is 3. The molecule has 22 heavy (non-hydrogen) atoms. The maximum Gasteiger partial charge on any atom is 0.339 e. The molecule has 0 saturated carbocycles. The molecule has 1 atom stereocenters. The second-order valence-electron chi connectivity index (χ2n) is 6.34. The lowest BCUT2D eigenvalue weighted by atomic mass is 10.1. The predicted molar refractivity (Wildman–Crippen MR) is 83.2 cm³/mol. The van der Waals surface area contributed by atoms with Gasteiger partial charge in [-0.2, -0.15) is 0 Å². The minimum atomic E-state index is -1.09. The van der Waals surface area contributed by atoms with E-state index in [4.69, 9.17) is 5.11 Å². The number of aromatic carboxylic acids is 1. The smallest absolute Gasteiger partial charge is 0.339 e. The van der Waals surface area contributed by atoms with E-state index in [0.29, 0.717) is 6.04 Å². The van der Waals surface area contributed by atoms with Crippen molar-refractivity contribution in [1.29, 1.82) is 0 Å². The number of likely N-dealkylation sites (N-methyl/N-ethyl adjacent to an activating group) is 1. The molecule has 120 valence electrons. The fourth-order valence-electron chi connectivity index (χ4n) is 3.43. The molecule has 0 spiro atoms. The summed E-state index contributed by atoms with van der Waals surface area (Å²) >= 11 is 0. The first-order chi connectivity index (χ1) is 10.5. The Morgan fingerprint density at radius 2 is 2.00 bits per heavy atom. The Morgan fingerprint density at radius 1 is 1.23 bits per heavy atom. The van der Waals surface area contributed by atoms with Crippen molar-refractivity contribution in [3.05, 3.63) is 29.3 Å². The van der Waals surface area contributed by atoms with Crippen molar-refractivity contribution in [2.24, 2.45) is 0 Å². The van der Waals surface area contributed by atoms with Crippen molar-refractivity contribution in [2.75, 3.05) is 46.3 Å². The number of aromatic hydroxyl groups is 1. The van der Waals surface area contributed by atoms with Gasteiger partial charge in [0.05, 0.1) is 0 Å². The van der Waals surface area contributed by atoms with Crippen LogP contribution in [0.4, 0.5) is 0 Å². The largest absolute Gasteiger partial charge is 0.507 e. The van der Waals surface area contributed by atoms with Crippen molar-refractivity contribution < 1.29 is 15.0 Å². The Labute approximate surface area is 130 Å². The van der Waals surface area contributed by atoms with E-state index in [0.717, 1.165) is 51.4 Å². The van der Waals surface area contributed by atoms with Crippen LogP contribution < -0.4 is 0 Å². The zero-order chi connectivity index (χ0) is 15.7. The van der Waals surface area contributed by atoms with Gasteiger partial charge in [-0.15, -0.1) is 0 Å². The molecule has 2 aliphatic heterocycles. The Hall–Kier alpha value is -1.63. The highest BCUT2D eigenvalue weighted by atomic mass is 16.4. The van der Waals surface area contributed by atoms with Gasteiger partial charge in [-0.05, 0) is 24.7 Å². The van der Waals surface area contributed by atoms with Crippen LogP contribution in [0, 0.1) is 0 Å². The van der Waals surface area contributed by atoms with Crippen molar-refractivity contribution >= 4 is 5.97 Å². The highest BCUT2D eigenvalue weighted by molar-refractivity contribution is 5.90. The molecule has 0 amide bonds. The summed E-state index contributed by atoms with van der Waals surface area (Å²) in [5.41, 5.74) is 0.918. The molecule has 0 aliphatic carbocycles. The predicted octanol–water partition coefficient (Wildman–Crippen LogP) is 0.522. The molecule has 2 heterocycles. The summed E-state index contributed by atoms with van der Waals surface area (Å²) in [5.74, 6) is -1.26. The van der Waals surface area contributed by atoms with Gasteiger partial charge in [0.1, 0.15) is 11.3 Å². The molecule has 0 unspecified atom stereocenters. The topological polar surface area (TPSA) is 67.2 Å². The van der Waals surface area contributed by atoms with Crippen molar-refractivity contribution in [1.82, 2.24) is 14.7 Å². The van der Waals surface area contributed by atoms with E-state index in [1.165, 1.54) is 6.07 Å². The lowest BCUT2D eigenvalue weighted by molar-refractivity contribution is 0.0175. The minimum absolute atomic E-state index is 0.0199. The number of carbonyl (C=O) groups is 1. The molecule has 0 aromatic heterocycles. The second-order valence-corrected chi connectivity index (χ2v) is 6.34.